The van der Waals surface area contributed by atoms with Crippen molar-refractivity contribution < 1.29 is 14.6 Å². The fourth-order valence-electron chi connectivity index (χ4n) is 2.16. The van der Waals surface area contributed by atoms with Crippen LogP contribution in [0.4, 0.5) is 5.69 Å². The van der Waals surface area contributed by atoms with Crippen molar-refractivity contribution in [3.63, 3.8) is 0 Å². The number of aliphatic hydroxyl groups is 1. The number of hydrogen-bond donors (Lipinski definition) is 2. The normalized spacial score (nSPS) is 19.1. The maximum absolute atomic E-state index is 8.80. The molecule has 1 aliphatic heterocycles. The highest BCUT2D eigenvalue weighted by molar-refractivity contribution is 5.56. The van der Waals surface area contributed by atoms with Crippen LogP contribution in [-0.4, -0.2) is 37.6 Å². The Morgan fingerprint density at radius 2 is 2.21 bits per heavy atom. The summed E-state index contributed by atoms with van der Waals surface area (Å²) in [5, 5.41) is 12.1. The van der Waals surface area contributed by atoms with E-state index in [1.807, 2.05) is 24.3 Å². The Bertz CT molecular complexity index is 364. The van der Waals surface area contributed by atoms with E-state index in [-0.39, 0.29) is 12.7 Å². The predicted molar refractivity (Wildman–Crippen MR) is 75.7 cm³/mol. The molecule has 106 valence electrons. The first kappa shape index (κ1) is 14.2. The van der Waals surface area contributed by atoms with Crippen LogP contribution in [0, 0.1) is 0 Å². The van der Waals surface area contributed by atoms with Crippen LogP contribution < -0.4 is 10.1 Å². The van der Waals surface area contributed by atoms with Gasteiger partial charge in [0.1, 0.15) is 12.4 Å². The summed E-state index contributed by atoms with van der Waals surface area (Å²) >= 11 is 0. The molecule has 4 heteroatoms. The molecule has 0 aromatic heterocycles. The molecule has 0 spiro atoms. The molecule has 0 saturated carbocycles. The highest BCUT2D eigenvalue weighted by Gasteiger charge is 2.15. The molecule has 1 atom stereocenters. The first-order valence-electron chi connectivity index (χ1n) is 7.08. The van der Waals surface area contributed by atoms with Gasteiger partial charge in [-0.3, -0.25) is 0 Å². The second-order valence-corrected chi connectivity index (χ2v) is 4.80. The van der Waals surface area contributed by atoms with E-state index in [2.05, 4.69) is 5.32 Å². The van der Waals surface area contributed by atoms with Crippen molar-refractivity contribution in [1.29, 1.82) is 0 Å². The van der Waals surface area contributed by atoms with E-state index >= 15 is 0 Å². The lowest BCUT2D eigenvalue weighted by Crippen LogP contribution is -2.26. The molecule has 2 rings (SSSR count). The SMILES string of the molecule is OCCCNc1ccccc1OCC1CCCCO1. The summed E-state index contributed by atoms with van der Waals surface area (Å²) in [6.45, 7) is 2.41. The summed E-state index contributed by atoms with van der Waals surface area (Å²) in [5.74, 6) is 0.856. The third-order valence-electron chi connectivity index (χ3n) is 3.24. The van der Waals surface area contributed by atoms with Gasteiger partial charge in [0, 0.05) is 19.8 Å². The molecular weight excluding hydrogens is 242 g/mol. The number of para-hydroxylation sites is 2. The molecule has 1 aromatic rings. The van der Waals surface area contributed by atoms with Crippen molar-refractivity contribution in [2.24, 2.45) is 0 Å². The zero-order chi connectivity index (χ0) is 13.3. The average molecular weight is 265 g/mol. The van der Waals surface area contributed by atoms with Crippen LogP contribution in [0.15, 0.2) is 24.3 Å². The minimum atomic E-state index is 0.200. The number of rotatable bonds is 7. The highest BCUT2D eigenvalue weighted by atomic mass is 16.5. The van der Waals surface area contributed by atoms with Crippen molar-refractivity contribution in [2.75, 3.05) is 31.7 Å². The lowest BCUT2D eigenvalue weighted by atomic mass is 10.1. The fraction of sp³-hybridized carbons (Fsp3) is 0.600. The van der Waals surface area contributed by atoms with Crippen LogP contribution in [0.25, 0.3) is 0 Å². The van der Waals surface area contributed by atoms with Gasteiger partial charge in [-0.05, 0) is 37.8 Å². The molecule has 19 heavy (non-hydrogen) atoms. The monoisotopic (exact) mass is 265 g/mol. The molecule has 0 aliphatic carbocycles. The topological polar surface area (TPSA) is 50.7 Å². The first-order chi connectivity index (χ1) is 9.40. The molecule has 1 unspecified atom stereocenters. The third-order valence-corrected chi connectivity index (χ3v) is 3.24. The van der Waals surface area contributed by atoms with E-state index in [0.717, 1.165) is 43.9 Å². The average Bonchev–Trinajstić information content (AvgIpc) is 2.48. The predicted octanol–water partition coefficient (Wildman–Crippen LogP) is 2.43. The number of ether oxygens (including phenoxy) is 2. The number of nitrogens with one attached hydrogen (secondary N) is 1. The summed E-state index contributed by atoms with van der Waals surface area (Å²) in [6.07, 6.45) is 4.43. The molecule has 0 radical (unpaired) electrons. The van der Waals surface area contributed by atoms with Gasteiger partial charge < -0.3 is 19.9 Å². The standard InChI is InChI=1S/C15H23NO3/c17-10-5-9-16-14-7-1-2-8-15(14)19-12-13-6-3-4-11-18-13/h1-2,7-8,13,16-17H,3-6,9-12H2. The van der Waals surface area contributed by atoms with Gasteiger partial charge in [0.2, 0.25) is 0 Å². The Balaban J connectivity index is 1.84. The Kier molecular flexibility index (Phi) is 5.98. The zero-order valence-corrected chi connectivity index (χ0v) is 11.3. The van der Waals surface area contributed by atoms with Crippen molar-refractivity contribution in [3.05, 3.63) is 24.3 Å². The van der Waals surface area contributed by atoms with Crippen molar-refractivity contribution in [1.82, 2.24) is 0 Å². The summed E-state index contributed by atoms with van der Waals surface area (Å²) in [5.41, 5.74) is 0.978. The van der Waals surface area contributed by atoms with Crippen LogP contribution >= 0.6 is 0 Å². The van der Waals surface area contributed by atoms with E-state index in [1.165, 1.54) is 6.42 Å². The molecule has 1 aliphatic rings. The number of aliphatic hydroxyl groups excluding tert-OH is 1. The molecule has 1 saturated heterocycles. The van der Waals surface area contributed by atoms with E-state index in [0.29, 0.717) is 6.61 Å². The summed E-state index contributed by atoms with van der Waals surface area (Å²) in [4.78, 5) is 0. The second kappa shape index (κ2) is 8.02. The Morgan fingerprint density at radius 1 is 1.32 bits per heavy atom. The van der Waals surface area contributed by atoms with Gasteiger partial charge in [0.05, 0.1) is 11.8 Å². The minimum absolute atomic E-state index is 0.200. The largest absolute Gasteiger partial charge is 0.489 e. The van der Waals surface area contributed by atoms with E-state index < -0.39 is 0 Å². The smallest absolute Gasteiger partial charge is 0.142 e. The van der Waals surface area contributed by atoms with Crippen molar-refractivity contribution in [3.8, 4) is 5.75 Å². The number of anilines is 1. The van der Waals surface area contributed by atoms with Crippen LogP contribution in [0.5, 0.6) is 5.75 Å². The third kappa shape index (κ3) is 4.73. The Morgan fingerprint density at radius 3 is 3.00 bits per heavy atom. The van der Waals surface area contributed by atoms with E-state index in [1.54, 1.807) is 0 Å². The second-order valence-electron chi connectivity index (χ2n) is 4.80. The number of hydrogen-bond acceptors (Lipinski definition) is 4. The number of benzene rings is 1. The highest BCUT2D eigenvalue weighted by Crippen LogP contribution is 2.24. The van der Waals surface area contributed by atoms with Gasteiger partial charge in [-0.15, -0.1) is 0 Å². The quantitative estimate of drug-likeness (QED) is 0.743. The maximum atomic E-state index is 8.80. The summed E-state index contributed by atoms with van der Waals surface area (Å²) in [7, 11) is 0. The van der Waals surface area contributed by atoms with Crippen LogP contribution in [-0.2, 0) is 4.74 Å². The van der Waals surface area contributed by atoms with Gasteiger partial charge in [0.25, 0.3) is 0 Å². The molecule has 1 aromatic carbocycles. The van der Waals surface area contributed by atoms with Gasteiger partial charge >= 0.3 is 0 Å². The maximum Gasteiger partial charge on any atom is 0.142 e. The van der Waals surface area contributed by atoms with Gasteiger partial charge in [-0.2, -0.15) is 0 Å². The van der Waals surface area contributed by atoms with Crippen molar-refractivity contribution in [2.45, 2.75) is 31.8 Å². The Hall–Kier alpha value is -1.26. The minimum Gasteiger partial charge on any atom is -0.489 e. The zero-order valence-electron chi connectivity index (χ0n) is 11.3. The molecule has 1 heterocycles. The van der Waals surface area contributed by atoms with Crippen LogP contribution in [0.1, 0.15) is 25.7 Å². The summed E-state index contributed by atoms with van der Waals surface area (Å²) < 4.78 is 11.5. The molecule has 0 amide bonds. The lowest BCUT2D eigenvalue weighted by molar-refractivity contribution is -0.0109. The fourth-order valence-corrected chi connectivity index (χ4v) is 2.16. The molecular formula is C15H23NO3. The van der Waals surface area contributed by atoms with Crippen molar-refractivity contribution >= 4 is 5.69 Å². The van der Waals surface area contributed by atoms with Gasteiger partial charge in [-0.25, -0.2) is 0 Å². The molecule has 1 fully saturated rings. The van der Waals surface area contributed by atoms with E-state index in [4.69, 9.17) is 14.6 Å². The molecule has 2 N–H and O–H groups in total. The Labute approximate surface area is 114 Å². The van der Waals surface area contributed by atoms with Gasteiger partial charge in [0.15, 0.2) is 0 Å². The van der Waals surface area contributed by atoms with Crippen LogP contribution in [0.2, 0.25) is 0 Å². The summed E-state index contributed by atoms with van der Waals surface area (Å²) in [6, 6.07) is 7.90. The first-order valence-corrected chi connectivity index (χ1v) is 7.08. The van der Waals surface area contributed by atoms with E-state index in [9.17, 15) is 0 Å². The molecule has 4 nitrogen and oxygen atoms in total. The molecule has 0 bridgehead atoms. The van der Waals surface area contributed by atoms with Crippen LogP contribution in [0.3, 0.4) is 0 Å². The lowest BCUT2D eigenvalue weighted by Gasteiger charge is -2.23. The van der Waals surface area contributed by atoms with Gasteiger partial charge in [-0.1, -0.05) is 12.1 Å².